The largest absolute Gasteiger partial charge is 0.493 e. The van der Waals surface area contributed by atoms with Crippen molar-refractivity contribution in [2.24, 2.45) is 0 Å². The maximum absolute atomic E-state index is 12.2. The summed E-state index contributed by atoms with van der Waals surface area (Å²) in [6.07, 6.45) is -0.590. The average Bonchev–Trinajstić information content (AvgIpc) is 2.74. The fourth-order valence-electron chi connectivity index (χ4n) is 3.33. The zero-order valence-electron chi connectivity index (χ0n) is 16.8. The third kappa shape index (κ3) is 6.74. The summed E-state index contributed by atoms with van der Waals surface area (Å²) < 4.78 is 10.9. The summed E-state index contributed by atoms with van der Waals surface area (Å²) in [5.74, 6) is 1.28. The molecule has 1 fully saturated rings. The third-order valence-corrected chi connectivity index (χ3v) is 4.86. The molecule has 1 aliphatic heterocycles. The van der Waals surface area contributed by atoms with Crippen LogP contribution in [0.3, 0.4) is 0 Å². The molecule has 1 unspecified atom stereocenters. The van der Waals surface area contributed by atoms with E-state index in [1.807, 2.05) is 54.6 Å². The van der Waals surface area contributed by atoms with E-state index in [9.17, 15) is 9.90 Å². The smallest absolute Gasteiger partial charge is 0.238 e. The number of hydrogen-bond acceptors (Lipinski definition) is 6. The van der Waals surface area contributed by atoms with Crippen molar-refractivity contribution in [2.45, 2.75) is 6.10 Å². The minimum atomic E-state index is -0.590. The van der Waals surface area contributed by atoms with Crippen molar-refractivity contribution >= 4 is 11.6 Å². The van der Waals surface area contributed by atoms with E-state index < -0.39 is 6.10 Å². The first kappa shape index (κ1) is 21.1. The Labute approximate surface area is 171 Å². The van der Waals surface area contributed by atoms with Gasteiger partial charge >= 0.3 is 0 Å². The molecule has 1 amide bonds. The molecule has 156 valence electrons. The molecule has 1 saturated heterocycles. The number of aliphatic hydroxyl groups excluding tert-OH is 1. The van der Waals surface area contributed by atoms with Gasteiger partial charge in [0.1, 0.15) is 12.7 Å². The van der Waals surface area contributed by atoms with Crippen LogP contribution in [0.5, 0.6) is 11.5 Å². The second kappa shape index (κ2) is 10.8. The Kier molecular flexibility index (Phi) is 7.86. The van der Waals surface area contributed by atoms with Crippen LogP contribution in [-0.2, 0) is 4.79 Å². The lowest BCUT2D eigenvalue weighted by atomic mass is 10.2. The molecule has 2 N–H and O–H groups in total. The van der Waals surface area contributed by atoms with Crippen LogP contribution in [0, 0.1) is 0 Å². The zero-order valence-corrected chi connectivity index (χ0v) is 16.8. The predicted molar refractivity (Wildman–Crippen MR) is 112 cm³/mol. The lowest BCUT2D eigenvalue weighted by Gasteiger charge is -2.35. The summed E-state index contributed by atoms with van der Waals surface area (Å²) in [5.41, 5.74) is 0.814. The van der Waals surface area contributed by atoms with E-state index in [0.717, 1.165) is 31.9 Å². The van der Waals surface area contributed by atoms with Crippen molar-refractivity contribution in [2.75, 3.05) is 58.3 Å². The summed E-state index contributed by atoms with van der Waals surface area (Å²) >= 11 is 0. The van der Waals surface area contributed by atoms with Gasteiger partial charge in [-0.2, -0.15) is 0 Å². The second-order valence-corrected chi connectivity index (χ2v) is 7.11. The van der Waals surface area contributed by atoms with Crippen molar-refractivity contribution in [1.82, 2.24) is 9.80 Å². The fraction of sp³-hybridized carbons (Fsp3) is 0.409. The molecule has 1 aliphatic rings. The fourth-order valence-corrected chi connectivity index (χ4v) is 3.33. The van der Waals surface area contributed by atoms with E-state index in [2.05, 4.69) is 15.1 Å². The number of nitrogens with one attached hydrogen (secondary N) is 1. The van der Waals surface area contributed by atoms with Gasteiger partial charge in [-0.1, -0.05) is 30.3 Å². The summed E-state index contributed by atoms with van der Waals surface area (Å²) in [4.78, 5) is 16.5. The van der Waals surface area contributed by atoms with Gasteiger partial charge in [0.25, 0.3) is 0 Å². The van der Waals surface area contributed by atoms with E-state index in [0.29, 0.717) is 24.6 Å². The minimum absolute atomic E-state index is 0.00473. The van der Waals surface area contributed by atoms with Crippen LogP contribution in [0.25, 0.3) is 0 Å². The molecule has 1 heterocycles. The number of carbonyl (C=O) groups is 1. The van der Waals surface area contributed by atoms with Crippen molar-refractivity contribution in [3.8, 4) is 11.5 Å². The van der Waals surface area contributed by atoms with Gasteiger partial charge in [-0.25, -0.2) is 0 Å². The Morgan fingerprint density at radius 3 is 2.31 bits per heavy atom. The monoisotopic (exact) mass is 399 g/mol. The number of rotatable bonds is 9. The number of β-amino-alcohol motifs (C(OH)–C–C–N with tert-alkyl or cyclic N) is 1. The van der Waals surface area contributed by atoms with Gasteiger partial charge in [-0.05, 0) is 24.3 Å². The van der Waals surface area contributed by atoms with Gasteiger partial charge < -0.3 is 19.9 Å². The Balaban J connectivity index is 1.35. The van der Waals surface area contributed by atoms with Crippen molar-refractivity contribution in [3.63, 3.8) is 0 Å². The van der Waals surface area contributed by atoms with E-state index in [1.165, 1.54) is 0 Å². The Hall–Kier alpha value is -2.61. The molecule has 2 aromatic rings. The van der Waals surface area contributed by atoms with Crippen LogP contribution in [0.2, 0.25) is 0 Å². The summed E-state index contributed by atoms with van der Waals surface area (Å²) in [5, 5.41) is 13.2. The molecule has 7 heteroatoms. The zero-order chi connectivity index (χ0) is 20.5. The maximum atomic E-state index is 12.2. The van der Waals surface area contributed by atoms with Crippen LogP contribution in [0.15, 0.2) is 54.6 Å². The van der Waals surface area contributed by atoms with Gasteiger partial charge in [0, 0.05) is 38.4 Å². The van der Waals surface area contributed by atoms with Crippen molar-refractivity contribution < 1.29 is 19.4 Å². The quantitative estimate of drug-likeness (QED) is 0.669. The van der Waals surface area contributed by atoms with Crippen LogP contribution in [0.1, 0.15) is 0 Å². The average molecular weight is 399 g/mol. The first-order valence-electron chi connectivity index (χ1n) is 9.87. The molecule has 2 aromatic carbocycles. The Morgan fingerprint density at radius 1 is 1.00 bits per heavy atom. The molecule has 7 nitrogen and oxygen atoms in total. The summed E-state index contributed by atoms with van der Waals surface area (Å²) in [6, 6.07) is 16.9. The van der Waals surface area contributed by atoms with Gasteiger partial charge in [-0.3, -0.25) is 14.6 Å². The number of nitrogens with zero attached hydrogens (tertiary/aromatic N) is 2. The number of para-hydroxylation sites is 3. The van der Waals surface area contributed by atoms with Gasteiger partial charge in [0.15, 0.2) is 11.5 Å². The van der Waals surface area contributed by atoms with E-state index in [1.54, 1.807) is 7.11 Å². The number of carbonyl (C=O) groups excluding carboxylic acids is 1. The van der Waals surface area contributed by atoms with Gasteiger partial charge in [0.2, 0.25) is 5.91 Å². The first-order valence-corrected chi connectivity index (χ1v) is 9.87. The molecule has 0 spiro atoms. The molecule has 1 atom stereocenters. The van der Waals surface area contributed by atoms with Gasteiger partial charge in [-0.15, -0.1) is 0 Å². The topological polar surface area (TPSA) is 74.3 Å². The highest BCUT2D eigenvalue weighted by Gasteiger charge is 2.21. The molecular formula is C22H29N3O4. The summed E-state index contributed by atoms with van der Waals surface area (Å²) in [7, 11) is 1.60. The minimum Gasteiger partial charge on any atom is -0.493 e. The van der Waals surface area contributed by atoms with Crippen LogP contribution in [-0.4, -0.2) is 79.9 Å². The van der Waals surface area contributed by atoms with Crippen molar-refractivity contribution in [3.05, 3.63) is 54.6 Å². The van der Waals surface area contributed by atoms with E-state index >= 15 is 0 Å². The number of benzene rings is 2. The molecule has 29 heavy (non-hydrogen) atoms. The number of amides is 1. The number of methoxy groups -OCH3 is 1. The number of aliphatic hydroxyl groups is 1. The number of piperazine rings is 1. The second-order valence-electron chi connectivity index (χ2n) is 7.11. The van der Waals surface area contributed by atoms with Gasteiger partial charge in [0.05, 0.1) is 13.7 Å². The Morgan fingerprint density at radius 2 is 1.62 bits per heavy atom. The highest BCUT2D eigenvalue weighted by Crippen LogP contribution is 2.25. The lowest BCUT2D eigenvalue weighted by molar-refractivity contribution is -0.117. The molecular weight excluding hydrogens is 370 g/mol. The Bertz CT molecular complexity index is 764. The molecule has 0 aromatic heterocycles. The molecule has 0 saturated carbocycles. The van der Waals surface area contributed by atoms with E-state index in [-0.39, 0.29) is 12.5 Å². The van der Waals surface area contributed by atoms with E-state index in [4.69, 9.17) is 9.47 Å². The van der Waals surface area contributed by atoms with Crippen LogP contribution in [0.4, 0.5) is 5.69 Å². The molecule has 3 rings (SSSR count). The SMILES string of the molecule is COc1ccccc1OCC(O)CN1CCN(CC(=O)Nc2ccccc2)CC1. The number of anilines is 1. The normalized spacial score (nSPS) is 16.2. The standard InChI is InChI=1S/C22H29N3O4/c1-28-20-9-5-6-10-21(20)29-17-19(26)15-24-11-13-25(14-12-24)16-22(27)23-18-7-3-2-4-8-18/h2-10,19,26H,11-17H2,1H3,(H,23,27). The molecule has 0 bridgehead atoms. The predicted octanol–water partition coefficient (Wildman–Crippen LogP) is 1.69. The highest BCUT2D eigenvalue weighted by molar-refractivity contribution is 5.92. The van der Waals surface area contributed by atoms with Crippen LogP contribution < -0.4 is 14.8 Å². The number of hydrogen-bond donors (Lipinski definition) is 2. The highest BCUT2D eigenvalue weighted by atomic mass is 16.5. The summed E-state index contributed by atoms with van der Waals surface area (Å²) in [6.45, 7) is 4.33. The molecule has 0 radical (unpaired) electrons. The number of ether oxygens (including phenoxy) is 2. The molecule has 0 aliphatic carbocycles. The van der Waals surface area contributed by atoms with Crippen LogP contribution >= 0.6 is 0 Å². The van der Waals surface area contributed by atoms with Crippen molar-refractivity contribution in [1.29, 1.82) is 0 Å². The third-order valence-electron chi connectivity index (χ3n) is 4.86. The maximum Gasteiger partial charge on any atom is 0.238 e. The lowest BCUT2D eigenvalue weighted by Crippen LogP contribution is -2.50. The first-order chi connectivity index (χ1) is 14.1.